The van der Waals surface area contributed by atoms with Crippen molar-refractivity contribution in [1.82, 2.24) is 4.90 Å². The van der Waals surface area contributed by atoms with E-state index in [9.17, 15) is 44.4 Å². The van der Waals surface area contributed by atoms with Crippen molar-refractivity contribution < 1.29 is 68.1 Å². The molecule has 4 aliphatic rings. The van der Waals surface area contributed by atoms with Crippen LogP contribution in [-0.2, 0) is 47.7 Å². The zero-order valence-electron chi connectivity index (χ0n) is 44.7. The molecule has 3 fully saturated rings. The van der Waals surface area contributed by atoms with Crippen molar-refractivity contribution in [3.63, 3.8) is 0 Å². The van der Waals surface area contributed by atoms with E-state index in [1.165, 1.54) is 12.0 Å². The number of benzene rings is 1. The van der Waals surface area contributed by atoms with Crippen molar-refractivity contribution in [1.29, 1.82) is 0 Å². The number of ether oxygens (including phenoxy) is 5. The van der Waals surface area contributed by atoms with Crippen LogP contribution in [0, 0.1) is 35.5 Å². The normalized spacial score (nSPS) is 37.7. The number of amides is 1. The summed E-state index contributed by atoms with van der Waals surface area (Å²) in [5.41, 5.74) is 1.82. The molecule has 0 radical (unpaired) electrons. The molecule has 3 aliphatic heterocycles. The lowest BCUT2D eigenvalue weighted by molar-refractivity contribution is -0.266. The van der Waals surface area contributed by atoms with Gasteiger partial charge in [0.15, 0.2) is 5.78 Å². The molecule has 15 heteroatoms. The van der Waals surface area contributed by atoms with Gasteiger partial charge in [0.05, 0.1) is 31.0 Å². The van der Waals surface area contributed by atoms with Gasteiger partial charge in [0, 0.05) is 51.4 Å². The second kappa shape index (κ2) is 28.1. The Bertz CT molecular complexity index is 2120. The molecular formula is C58H85NO14. The largest absolute Gasteiger partial charge is 0.460 e. The fourth-order valence-electron chi connectivity index (χ4n) is 11.0. The Balaban J connectivity index is 1.49. The summed E-state index contributed by atoms with van der Waals surface area (Å²) < 4.78 is 30.1. The number of hydrogen-bond acceptors (Lipinski definition) is 14. The summed E-state index contributed by atoms with van der Waals surface area (Å²) in [5, 5.41) is 45.3. The van der Waals surface area contributed by atoms with Crippen LogP contribution in [0.4, 0.5) is 0 Å². The third-order valence-electron chi connectivity index (χ3n) is 15.8. The molecule has 2 unspecified atom stereocenters. The molecule has 1 saturated carbocycles. The first kappa shape index (κ1) is 59.7. The van der Waals surface area contributed by atoms with Gasteiger partial charge < -0.3 is 49.0 Å². The van der Waals surface area contributed by atoms with Crippen LogP contribution in [0.25, 0.3) is 0 Å². The fraction of sp³-hybridized carbons (Fsp3) is 0.672. The van der Waals surface area contributed by atoms with E-state index in [2.05, 4.69) is 0 Å². The van der Waals surface area contributed by atoms with Crippen LogP contribution in [0.1, 0.15) is 137 Å². The number of methoxy groups -OCH3 is 2. The number of carbonyl (C=O) groups excluding carboxylic acids is 5. The summed E-state index contributed by atoms with van der Waals surface area (Å²) in [6, 6.07) is 7.94. The number of piperidine rings is 1. The van der Waals surface area contributed by atoms with Gasteiger partial charge >= 0.3 is 5.97 Å². The predicted octanol–water partition coefficient (Wildman–Crippen LogP) is 7.28. The lowest BCUT2D eigenvalue weighted by Gasteiger charge is -2.43. The maximum atomic E-state index is 14.5. The first-order valence-electron chi connectivity index (χ1n) is 26.7. The van der Waals surface area contributed by atoms with Crippen LogP contribution in [-0.4, -0.2) is 136 Å². The highest BCUT2D eigenvalue weighted by molar-refractivity contribution is 6.39. The third kappa shape index (κ3) is 16.2. The van der Waals surface area contributed by atoms with Gasteiger partial charge in [-0.15, -0.1) is 0 Å². The molecule has 2 saturated heterocycles. The van der Waals surface area contributed by atoms with Crippen molar-refractivity contribution in [3.8, 4) is 0 Å². The monoisotopic (exact) mass is 1020 g/mol. The van der Waals surface area contributed by atoms with Crippen LogP contribution in [0.3, 0.4) is 0 Å². The molecule has 0 aromatic heterocycles. The Labute approximate surface area is 433 Å². The summed E-state index contributed by atoms with van der Waals surface area (Å²) >= 11 is 0. The highest BCUT2D eigenvalue weighted by Gasteiger charge is 2.53. The molecule has 1 amide bonds. The second-order valence-corrected chi connectivity index (χ2v) is 21.6. The molecular weight excluding hydrogens is 935 g/mol. The number of cyclic esters (lactones) is 1. The van der Waals surface area contributed by atoms with E-state index < -0.39 is 90.0 Å². The van der Waals surface area contributed by atoms with Crippen LogP contribution < -0.4 is 0 Å². The van der Waals surface area contributed by atoms with E-state index in [1.807, 2.05) is 69.4 Å². The number of fused-ring (bicyclic) bond motifs is 3. The first-order valence-corrected chi connectivity index (χ1v) is 26.7. The molecule has 0 spiro atoms. The molecule has 73 heavy (non-hydrogen) atoms. The van der Waals surface area contributed by atoms with E-state index in [0.717, 1.165) is 5.57 Å². The van der Waals surface area contributed by atoms with Crippen molar-refractivity contribution in [3.05, 3.63) is 83.5 Å². The molecule has 16 atom stereocenters. The highest BCUT2D eigenvalue weighted by atomic mass is 16.6. The minimum absolute atomic E-state index is 0.0281. The van der Waals surface area contributed by atoms with E-state index in [4.69, 9.17) is 23.7 Å². The summed E-state index contributed by atoms with van der Waals surface area (Å²) in [5.74, 6) is -8.40. The lowest BCUT2D eigenvalue weighted by Crippen LogP contribution is -2.61. The standard InChI is InChI=1S/C58H85NO14/c1-35-18-12-10-13-19-36(2)49(71-34-48(62)43-20-14-11-15-21-43)32-44-25-23-41(7)58(68,73-44)55(65)56(66)59-27-17-16-22-45(59)57(67)72-50(38(4)30-42-24-26-46(60)51(31-42)69-8)33-47(61)37(3)29-40(6)53(64)54(70-9)52(63)39(5)28-35/h10-15,18-21,29,35,37-39,41-42,44-46,48-51,53-54,60,62,64,68H,16-17,22-28,30-34H2,1-9H3/b13-10+,18-12+,36-19+,40-29+/t35-,37-,38-,39-,41-,42+,44+,45?,46-,48-,49?,50+,51-,53-,54+,58-/m1/s1. The SMILES string of the molecule is CO[C@@H]1C[C@H](C[C@@H](C)[C@@H]2CC(=O)[C@H](C)/C=C(\C)[C@@H](O)[C@@H](OC)C(=O)[C@H](C)C[C@H](C)/C=C/C=C/C=C(\C)C(OC[C@@H](O)c3ccccc3)C[C@@H]3CC[C@@H](C)[C@@](O)(O3)C(=O)C(=O)N3CCCCC3C(=O)O2)CC[C@H]1O. The van der Waals surface area contributed by atoms with E-state index >= 15 is 0 Å². The molecule has 2 bridgehead atoms. The zero-order chi connectivity index (χ0) is 53.6. The summed E-state index contributed by atoms with van der Waals surface area (Å²) in [7, 11) is 2.93. The van der Waals surface area contributed by atoms with Gasteiger partial charge in [-0.3, -0.25) is 19.2 Å². The number of allylic oxidation sites excluding steroid dienone is 6. The van der Waals surface area contributed by atoms with Crippen LogP contribution in [0.5, 0.6) is 0 Å². The van der Waals surface area contributed by atoms with Crippen LogP contribution in [0.15, 0.2) is 77.9 Å². The zero-order valence-corrected chi connectivity index (χ0v) is 44.7. The first-order chi connectivity index (χ1) is 34.7. The molecule has 3 heterocycles. The average Bonchev–Trinajstić information content (AvgIpc) is 3.37. The average molecular weight is 1020 g/mol. The van der Waals surface area contributed by atoms with Gasteiger partial charge in [0.1, 0.15) is 36.2 Å². The number of esters is 1. The topological polar surface area (TPSA) is 216 Å². The van der Waals surface area contributed by atoms with Gasteiger partial charge in [0.2, 0.25) is 5.79 Å². The summed E-state index contributed by atoms with van der Waals surface area (Å²) in [6.07, 6.45) is 9.17. The number of nitrogens with zero attached hydrogens (tertiary/aromatic N) is 1. The number of ketones is 3. The van der Waals surface area contributed by atoms with Gasteiger partial charge in [-0.25, -0.2) is 4.79 Å². The Kier molecular flexibility index (Phi) is 23.0. The predicted molar refractivity (Wildman–Crippen MR) is 275 cm³/mol. The minimum atomic E-state index is -2.52. The Morgan fingerprint density at radius 1 is 0.849 bits per heavy atom. The number of Topliss-reactive ketones (excluding diaryl/α,β-unsaturated/α-hetero) is 3. The summed E-state index contributed by atoms with van der Waals surface area (Å²) in [6.45, 7) is 12.6. The number of rotatable bonds is 9. The van der Waals surface area contributed by atoms with Crippen molar-refractivity contribution in [2.75, 3.05) is 27.4 Å². The second-order valence-electron chi connectivity index (χ2n) is 21.6. The number of hydrogen-bond donors (Lipinski definition) is 4. The van der Waals surface area contributed by atoms with E-state index in [-0.39, 0.29) is 67.8 Å². The van der Waals surface area contributed by atoms with Crippen molar-refractivity contribution in [2.24, 2.45) is 35.5 Å². The van der Waals surface area contributed by atoms with E-state index in [1.54, 1.807) is 53.0 Å². The molecule has 1 aromatic rings. The van der Waals surface area contributed by atoms with Gasteiger partial charge in [-0.05, 0) is 113 Å². The highest BCUT2D eigenvalue weighted by Crippen LogP contribution is 2.38. The van der Waals surface area contributed by atoms with Crippen LogP contribution in [0.2, 0.25) is 0 Å². The van der Waals surface area contributed by atoms with Crippen molar-refractivity contribution in [2.45, 2.75) is 186 Å². The van der Waals surface area contributed by atoms with Gasteiger partial charge in [0.25, 0.3) is 11.7 Å². The van der Waals surface area contributed by atoms with E-state index in [0.29, 0.717) is 68.9 Å². The molecule has 4 N–H and O–H groups in total. The number of aliphatic hydroxyl groups excluding tert-OH is 3. The molecule has 5 rings (SSSR count). The molecule has 1 aliphatic carbocycles. The third-order valence-corrected chi connectivity index (χ3v) is 15.8. The number of carbonyl (C=O) groups is 5. The maximum absolute atomic E-state index is 14.5. The fourth-order valence-corrected chi connectivity index (χ4v) is 11.0. The molecule has 1 aromatic carbocycles. The maximum Gasteiger partial charge on any atom is 0.329 e. The van der Waals surface area contributed by atoms with Crippen molar-refractivity contribution >= 4 is 29.2 Å². The Morgan fingerprint density at radius 2 is 1.58 bits per heavy atom. The molecule has 406 valence electrons. The number of aliphatic hydroxyl groups is 4. The minimum Gasteiger partial charge on any atom is -0.460 e. The van der Waals surface area contributed by atoms with Gasteiger partial charge in [-0.1, -0.05) is 101 Å². The lowest BCUT2D eigenvalue weighted by atomic mass is 9.78. The van der Waals surface area contributed by atoms with Gasteiger partial charge in [-0.2, -0.15) is 0 Å². The Morgan fingerprint density at radius 3 is 2.27 bits per heavy atom. The summed E-state index contributed by atoms with van der Waals surface area (Å²) in [4.78, 5) is 72.6. The Hall–Kier alpha value is -4.19. The molecule has 15 nitrogen and oxygen atoms in total. The smallest absolute Gasteiger partial charge is 0.329 e. The van der Waals surface area contributed by atoms with Crippen LogP contribution >= 0.6 is 0 Å². The quantitative estimate of drug-likeness (QED) is 0.109.